The molecule has 2 rings (SSSR count). The van der Waals surface area contributed by atoms with Gasteiger partial charge in [0.2, 0.25) is 0 Å². The number of nitrogens with zero attached hydrogens (tertiary/aromatic N) is 1. The summed E-state index contributed by atoms with van der Waals surface area (Å²) in [5.74, 6) is 1.19. The number of aromatic nitrogens is 1. The van der Waals surface area contributed by atoms with Gasteiger partial charge in [-0.2, -0.15) is 0 Å². The summed E-state index contributed by atoms with van der Waals surface area (Å²) in [6.07, 6.45) is 0.801. The van der Waals surface area contributed by atoms with Gasteiger partial charge in [0.1, 0.15) is 12.4 Å². The molecule has 0 saturated carbocycles. The Morgan fingerprint density at radius 1 is 1.39 bits per heavy atom. The van der Waals surface area contributed by atoms with Gasteiger partial charge in [-0.05, 0) is 50.1 Å². The molecule has 5 nitrogen and oxygen atoms in total. The van der Waals surface area contributed by atoms with Crippen LogP contribution in [-0.2, 0) is 6.42 Å². The summed E-state index contributed by atoms with van der Waals surface area (Å²) in [6.45, 7) is 10.0. The molecule has 2 aromatic rings. The molecule has 5 heteroatoms. The zero-order valence-electron chi connectivity index (χ0n) is 13.8. The van der Waals surface area contributed by atoms with E-state index in [4.69, 9.17) is 9.26 Å². The van der Waals surface area contributed by atoms with E-state index in [-0.39, 0.29) is 11.9 Å². The summed E-state index contributed by atoms with van der Waals surface area (Å²) in [4.78, 5) is 12.3. The van der Waals surface area contributed by atoms with E-state index in [2.05, 4.69) is 17.1 Å². The summed E-state index contributed by atoms with van der Waals surface area (Å²) in [7, 11) is 0. The van der Waals surface area contributed by atoms with Crippen LogP contribution in [0.3, 0.4) is 0 Å². The van der Waals surface area contributed by atoms with Gasteiger partial charge in [-0.15, -0.1) is 0 Å². The van der Waals surface area contributed by atoms with Crippen LogP contribution in [0.4, 0.5) is 0 Å². The van der Waals surface area contributed by atoms with E-state index in [0.717, 1.165) is 17.7 Å². The molecular formula is C18H22N2O3. The van der Waals surface area contributed by atoms with E-state index < -0.39 is 0 Å². The number of benzene rings is 1. The lowest BCUT2D eigenvalue weighted by molar-refractivity contribution is 0.0933. The molecule has 1 aromatic carbocycles. The number of carbonyl (C=O) groups excluding carboxylic acids is 1. The van der Waals surface area contributed by atoms with E-state index >= 15 is 0 Å². The third kappa shape index (κ3) is 4.71. The first-order valence-corrected chi connectivity index (χ1v) is 7.63. The summed E-state index contributed by atoms with van der Waals surface area (Å²) in [6, 6.07) is 8.62. The van der Waals surface area contributed by atoms with Crippen LogP contribution in [-0.4, -0.2) is 17.7 Å². The van der Waals surface area contributed by atoms with Crippen molar-refractivity contribution in [2.24, 2.45) is 0 Å². The van der Waals surface area contributed by atoms with E-state index in [1.807, 2.05) is 26.8 Å². The standard InChI is InChI=1S/C18H22N2O3/c1-5-15-10-17(23-20-15)13(4)19-18(21)14-6-8-16(9-7-14)22-11-12(2)3/h6-10,13H,2,5,11H2,1,3-4H3,(H,19,21)/t13-/m1/s1. The minimum Gasteiger partial charge on any atom is -0.489 e. The maximum absolute atomic E-state index is 12.3. The number of hydrogen-bond donors (Lipinski definition) is 1. The number of carbonyl (C=O) groups is 1. The Kier molecular flexibility index (Phi) is 5.57. The third-order valence-electron chi connectivity index (χ3n) is 3.32. The van der Waals surface area contributed by atoms with Crippen LogP contribution in [0.25, 0.3) is 0 Å². The highest BCUT2D eigenvalue weighted by atomic mass is 16.5. The van der Waals surface area contributed by atoms with Crippen LogP contribution in [0, 0.1) is 0 Å². The van der Waals surface area contributed by atoms with Crippen LogP contribution in [0.15, 0.2) is 47.0 Å². The molecule has 1 atom stereocenters. The Morgan fingerprint density at radius 3 is 2.65 bits per heavy atom. The Morgan fingerprint density at radius 2 is 2.09 bits per heavy atom. The number of nitrogens with one attached hydrogen (secondary N) is 1. The molecule has 0 radical (unpaired) electrons. The smallest absolute Gasteiger partial charge is 0.251 e. The second-order valence-corrected chi connectivity index (χ2v) is 5.54. The van der Waals surface area contributed by atoms with Gasteiger partial charge < -0.3 is 14.6 Å². The molecule has 0 fully saturated rings. The summed E-state index contributed by atoms with van der Waals surface area (Å²) in [5.41, 5.74) is 2.38. The SMILES string of the molecule is C=C(C)COc1ccc(C(=O)N[C@H](C)c2cc(CC)no2)cc1. The molecule has 0 aliphatic carbocycles. The molecule has 0 saturated heterocycles. The quantitative estimate of drug-likeness (QED) is 0.792. The molecular weight excluding hydrogens is 292 g/mol. The highest BCUT2D eigenvalue weighted by Gasteiger charge is 2.15. The van der Waals surface area contributed by atoms with Gasteiger partial charge in [-0.25, -0.2) is 0 Å². The topological polar surface area (TPSA) is 64.4 Å². The Balaban J connectivity index is 1.95. The first-order valence-electron chi connectivity index (χ1n) is 7.63. The predicted molar refractivity (Wildman–Crippen MR) is 88.5 cm³/mol. The molecule has 1 aromatic heterocycles. The lowest BCUT2D eigenvalue weighted by Crippen LogP contribution is -2.26. The van der Waals surface area contributed by atoms with Crippen molar-refractivity contribution in [2.75, 3.05) is 6.61 Å². The van der Waals surface area contributed by atoms with Crippen molar-refractivity contribution in [3.05, 3.63) is 59.5 Å². The van der Waals surface area contributed by atoms with Gasteiger partial charge in [0.25, 0.3) is 5.91 Å². The van der Waals surface area contributed by atoms with Crippen LogP contribution < -0.4 is 10.1 Å². The van der Waals surface area contributed by atoms with Gasteiger partial charge in [0, 0.05) is 11.6 Å². The van der Waals surface area contributed by atoms with Crippen molar-refractivity contribution in [1.82, 2.24) is 10.5 Å². The van der Waals surface area contributed by atoms with Crippen LogP contribution in [0.2, 0.25) is 0 Å². The number of amides is 1. The number of rotatable bonds is 7. The average molecular weight is 314 g/mol. The van der Waals surface area contributed by atoms with Crippen molar-refractivity contribution in [3.63, 3.8) is 0 Å². The average Bonchev–Trinajstić information content (AvgIpc) is 3.02. The molecule has 1 amide bonds. The molecule has 0 aliphatic heterocycles. The minimum atomic E-state index is -0.241. The molecule has 1 N–H and O–H groups in total. The highest BCUT2D eigenvalue weighted by Crippen LogP contribution is 2.16. The van der Waals surface area contributed by atoms with Crippen molar-refractivity contribution in [3.8, 4) is 5.75 Å². The number of aryl methyl sites for hydroxylation is 1. The first-order chi connectivity index (χ1) is 11.0. The fraction of sp³-hybridized carbons (Fsp3) is 0.333. The zero-order valence-corrected chi connectivity index (χ0v) is 13.8. The van der Waals surface area contributed by atoms with E-state index in [0.29, 0.717) is 23.7 Å². The summed E-state index contributed by atoms with van der Waals surface area (Å²) in [5, 5.41) is 6.82. The van der Waals surface area contributed by atoms with Crippen LogP contribution in [0.5, 0.6) is 5.75 Å². The Labute approximate surface area is 136 Å². The normalized spacial score (nSPS) is 11.8. The molecule has 0 aliphatic rings. The zero-order chi connectivity index (χ0) is 16.8. The van der Waals surface area contributed by atoms with Crippen molar-refractivity contribution in [2.45, 2.75) is 33.2 Å². The second-order valence-electron chi connectivity index (χ2n) is 5.54. The monoisotopic (exact) mass is 314 g/mol. The largest absolute Gasteiger partial charge is 0.489 e. The predicted octanol–water partition coefficient (Wildman–Crippen LogP) is 3.68. The lowest BCUT2D eigenvalue weighted by Gasteiger charge is -2.11. The highest BCUT2D eigenvalue weighted by molar-refractivity contribution is 5.94. The van der Waals surface area contributed by atoms with Crippen LogP contribution in [0.1, 0.15) is 48.6 Å². The van der Waals surface area contributed by atoms with Gasteiger partial charge in [-0.3, -0.25) is 4.79 Å². The molecule has 122 valence electrons. The lowest BCUT2D eigenvalue weighted by atomic mass is 10.1. The Bertz CT molecular complexity index is 674. The molecule has 1 heterocycles. The van der Waals surface area contributed by atoms with Crippen molar-refractivity contribution < 1.29 is 14.1 Å². The number of ether oxygens (including phenoxy) is 1. The molecule has 0 unspecified atom stereocenters. The molecule has 0 bridgehead atoms. The summed E-state index contributed by atoms with van der Waals surface area (Å²) >= 11 is 0. The van der Waals surface area contributed by atoms with Crippen molar-refractivity contribution >= 4 is 5.91 Å². The number of hydrogen-bond acceptors (Lipinski definition) is 4. The second kappa shape index (κ2) is 7.63. The Hall–Kier alpha value is -2.56. The van der Waals surface area contributed by atoms with Gasteiger partial charge >= 0.3 is 0 Å². The van der Waals surface area contributed by atoms with Gasteiger partial charge in [-0.1, -0.05) is 18.7 Å². The summed E-state index contributed by atoms with van der Waals surface area (Å²) < 4.78 is 10.7. The maximum Gasteiger partial charge on any atom is 0.251 e. The minimum absolute atomic E-state index is 0.168. The van der Waals surface area contributed by atoms with Gasteiger partial charge in [0.05, 0.1) is 11.7 Å². The van der Waals surface area contributed by atoms with E-state index in [1.165, 1.54) is 0 Å². The molecule has 23 heavy (non-hydrogen) atoms. The fourth-order valence-electron chi connectivity index (χ4n) is 1.96. The third-order valence-corrected chi connectivity index (χ3v) is 3.32. The molecule has 0 spiro atoms. The van der Waals surface area contributed by atoms with E-state index in [9.17, 15) is 4.79 Å². The first kappa shape index (κ1) is 16.8. The van der Waals surface area contributed by atoms with Crippen molar-refractivity contribution in [1.29, 1.82) is 0 Å². The van der Waals surface area contributed by atoms with Gasteiger partial charge in [0.15, 0.2) is 5.76 Å². The van der Waals surface area contributed by atoms with E-state index in [1.54, 1.807) is 24.3 Å². The maximum atomic E-state index is 12.3. The fourth-order valence-corrected chi connectivity index (χ4v) is 1.96. The van der Waals surface area contributed by atoms with Crippen LogP contribution >= 0.6 is 0 Å².